The average Bonchev–Trinajstić information content (AvgIpc) is 2.48. The summed E-state index contributed by atoms with van der Waals surface area (Å²) in [5.74, 6) is 0. The monoisotopic (exact) mass is 323 g/mol. The van der Waals surface area contributed by atoms with Crippen molar-refractivity contribution in [3.05, 3.63) is 48.0 Å². The van der Waals surface area contributed by atoms with E-state index in [9.17, 15) is 9.36 Å². The Labute approximate surface area is 128 Å². The fourth-order valence-corrected chi connectivity index (χ4v) is 2.57. The molecule has 0 heterocycles. The summed E-state index contributed by atoms with van der Waals surface area (Å²) in [7, 11) is -4.00. The Hall–Kier alpha value is -1.88. The van der Waals surface area contributed by atoms with E-state index in [0.717, 1.165) is 16.3 Å². The summed E-state index contributed by atoms with van der Waals surface area (Å²) in [5, 5.41) is 4.65. The molecule has 0 fully saturated rings. The van der Waals surface area contributed by atoms with E-state index < -0.39 is 13.7 Å². The highest BCUT2D eigenvalue weighted by atomic mass is 31.2. The van der Waals surface area contributed by atoms with Gasteiger partial charge in [-0.3, -0.25) is 4.57 Å². The largest absolute Gasteiger partial charge is 0.445 e. The molecular formula is C15H18NO5P. The zero-order valence-electron chi connectivity index (χ0n) is 11.9. The van der Waals surface area contributed by atoms with Crippen LogP contribution in [-0.2, 0) is 15.9 Å². The summed E-state index contributed by atoms with van der Waals surface area (Å²) < 4.78 is 15.7. The van der Waals surface area contributed by atoms with Crippen molar-refractivity contribution >= 4 is 24.5 Å². The van der Waals surface area contributed by atoms with Gasteiger partial charge in [0.05, 0.1) is 6.16 Å². The van der Waals surface area contributed by atoms with Gasteiger partial charge in [-0.25, -0.2) is 4.79 Å². The van der Waals surface area contributed by atoms with E-state index in [-0.39, 0.29) is 25.7 Å². The SMILES string of the molecule is O=C(NCCCP(=O)(O)O)OCc1ccc2ccccc2c1. The smallest absolute Gasteiger partial charge is 0.407 e. The van der Waals surface area contributed by atoms with Crippen molar-refractivity contribution in [3.63, 3.8) is 0 Å². The normalized spacial score (nSPS) is 11.4. The quantitative estimate of drug-likeness (QED) is 0.561. The molecule has 118 valence electrons. The van der Waals surface area contributed by atoms with Crippen LogP contribution in [0, 0.1) is 0 Å². The molecule has 22 heavy (non-hydrogen) atoms. The minimum absolute atomic E-state index is 0.148. The second-order valence-corrected chi connectivity index (χ2v) is 6.70. The molecule has 0 saturated heterocycles. The molecule has 0 unspecified atom stereocenters. The van der Waals surface area contributed by atoms with Gasteiger partial charge in [0.25, 0.3) is 0 Å². The van der Waals surface area contributed by atoms with E-state index in [1.807, 2.05) is 42.5 Å². The first kappa shape index (κ1) is 16.5. The van der Waals surface area contributed by atoms with Crippen LogP contribution in [0.25, 0.3) is 10.8 Å². The van der Waals surface area contributed by atoms with Crippen LogP contribution in [0.15, 0.2) is 42.5 Å². The highest BCUT2D eigenvalue weighted by Crippen LogP contribution is 2.34. The fraction of sp³-hybridized carbons (Fsp3) is 0.267. The van der Waals surface area contributed by atoms with E-state index in [1.165, 1.54) is 0 Å². The van der Waals surface area contributed by atoms with Crippen LogP contribution < -0.4 is 5.32 Å². The summed E-state index contributed by atoms with van der Waals surface area (Å²) in [5.41, 5.74) is 0.879. The minimum Gasteiger partial charge on any atom is -0.445 e. The van der Waals surface area contributed by atoms with Crippen molar-refractivity contribution in [2.75, 3.05) is 12.7 Å². The molecular weight excluding hydrogens is 305 g/mol. The van der Waals surface area contributed by atoms with Gasteiger partial charge in [0.15, 0.2) is 0 Å². The zero-order chi connectivity index (χ0) is 16.0. The number of amides is 1. The minimum atomic E-state index is -4.00. The van der Waals surface area contributed by atoms with E-state index in [0.29, 0.717) is 0 Å². The topological polar surface area (TPSA) is 95.9 Å². The Morgan fingerprint density at radius 2 is 1.86 bits per heavy atom. The second kappa shape index (κ2) is 7.40. The van der Waals surface area contributed by atoms with Gasteiger partial charge < -0.3 is 19.8 Å². The molecule has 1 amide bonds. The van der Waals surface area contributed by atoms with Gasteiger partial charge in [0.2, 0.25) is 0 Å². The van der Waals surface area contributed by atoms with Crippen molar-refractivity contribution in [2.45, 2.75) is 13.0 Å². The molecule has 2 rings (SSSR count). The molecule has 0 aromatic heterocycles. The van der Waals surface area contributed by atoms with Crippen molar-refractivity contribution < 1.29 is 23.9 Å². The molecule has 0 aliphatic heterocycles. The standard InChI is InChI=1S/C15H18NO5P/c17-15(16-8-3-9-22(18,19)20)21-11-12-6-7-13-4-1-2-5-14(13)10-12/h1-2,4-7,10H,3,8-9,11H2,(H,16,17)(H2,18,19,20). The summed E-state index contributed by atoms with van der Waals surface area (Å²) >= 11 is 0. The fourth-order valence-electron chi connectivity index (χ4n) is 2.00. The number of benzene rings is 2. The van der Waals surface area contributed by atoms with E-state index in [4.69, 9.17) is 14.5 Å². The van der Waals surface area contributed by atoms with Gasteiger partial charge in [0, 0.05) is 6.54 Å². The molecule has 3 N–H and O–H groups in total. The Morgan fingerprint density at radius 3 is 2.59 bits per heavy atom. The first-order valence-corrected chi connectivity index (χ1v) is 8.67. The molecule has 0 radical (unpaired) electrons. The van der Waals surface area contributed by atoms with Crippen molar-refractivity contribution in [1.29, 1.82) is 0 Å². The van der Waals surface area contributed by atoms with Crippen molar-refractivity contribution in [3.8, 4) is 0 Å². The number of alkyl carbamates (subject to hydrolysis) is 1. The van der Waals surface area contributed by atoms with E-state index in [1.54, 1.807) is 0 Å². The second-order valence-electron chi connectivity index (χ2n) is 4.93. The lowest BCUT2D eigenvalue weighted by atomic mass is 10.1. The maximum atomic E-state index is 11.5. The van der Waals surface area contributed by atoms with Gasteiger partial charge in [-0.15, -0.1) is 0 Å². The van der Waals surface area contributed by atoms with Crippen molar-refractivity contribution in [1.82, 2.24) is 5.32 Å². The first-order valence-electron chi connectivity index (χ1n) is 6.87. The van der Waals surface area contributed by atoms with Crippen LogP contribution in [0.5, 0.6) is 0 Å². The van der Waals surface area contributed by atoms with Gasteiger partial charge in [-0.2, -0.15) is 0 Å². The Balaban J connectivity index is 1.76. The number of ether oxygens (including phenoxy) is 1. The van der Waals surface area contributed by atoms with Crippen LogP contribution in [0.2, 0.25) is 0 Å². The van der Waals surface area contributed by atoms with E-state index >= 15 is 0 Å². The zero-order valence-corrected chi connectivity index (χ0v) is 12.8. The van der Waals surface area contributed by atoms with Crippen LogP contribution in [0.3, 0.4) is 0 Å². The molecule has 0 saturated carbocycles. The maximum Gasteiger partial charge on any atom is 0.407 e. The molecule has 0 bridgehead atoms. The maximum absolute atomic E-state index is 11.5. The number of carbonyl (C=O) groups excluding carboxylic acids is 1. The predicted octanol–water partition coefficient (Wildman–Crippen LogP) is 2.63. The lowest BCUT2D eigenvalue weighted by Gasteiger charge is -2.08. The molecule has 7 heteroatoms. The van der Waals surface area contributed by atoms with Crippen LogP contribution in [-0.4, -0.2) is 28.6 Å². The van der Waals surface area contributed by atoms with E-state index in [2.05, 4.69) is 5.32 Å². The van der Waals surface area contributed by atoms with Gasteiger partial charge in [-0.1, -0.05) is 36.4 Å². The lowest BCUT2D eigenvalue weighted by molar-refractivity contribution is 0.139. The number of fused-ring (bicyclic) bond motifs is 1. The number of hydrogen-bond donors (Lipinski definition) is 3. The van der Waals surface area contributed by atoms with Crippen molar-refractivity contribution in [2.24, 2.45) is 0 Å². The van der Waals surface area contributed by atoms with Crippen LogP contribution in [0.1, 0.15) is 12.0 Å². The van der Waals surface area contributed by atoms with Gasteiger partial charge in [0.1, 0.15) is 6.61 Å². The Morgan fingerprint density at radius 1 is 1.14 bits per heavy atom. The Kier molecular flexibility index (Phi) is 5.55. The highest BCUT2D eigenvalue weighted by molar-refractivity contribution is 7.51. The third-order valence-corrected chi connectivity index (χ3v) is 3.98. The molecule has 0 aliphatic carbocycles. The molecule has 0 atom stereocenters. The lowest BCUT2D eigenvalue weighted by Crippen LogP contribution is -2.25. The Bertz CT molecular complexity index is 697. The number of carbonyl (C=O) groups is 1. The molecule has 6 nitrogen and oxygen atoms in total. The first-order chi connectivity index (χ1) is 10.4. The summed E-state index contributed by atoms with van der Waals surface area (Å²) in [4.78, 5) is 28.9. The number of nitrogens with one attached hydrogen (secondary N) is 1. The van der Waals surface area contributed by atoms with Gasteiger partial charge >= 0.3 is 13.7 Å². The summed E-state index contributed by atoms with van der Waals surface area (Å²) in [6.45, 7) is 0.316. The van der Waals surface area contributed by atoms with Crippen LogP contribution in [0.4, 0.5) is 4.79 Å². The predicted molar refractivity (Wildman–Crippen MR) is 83.7 cm³/mol. The van der Waals surface area contributed by atoms with Crippen LogP contribution >= 0.6 is 7.60 Å². The number of rotatable bonds is 6. The summed E-state index contributed by atoms with van der Waals surface area (Å²) in [6, 6.07) is 13.7. The average molecular weight is 323 g/mol. The third-order valence-electron chi connectivity index (χ3n) is 3.08. The highest BCUT2D eigenvalue weighted by Gasteiger charge is 2.12. The molecule has 0 spiro atoms. The molecule has 0 aliphatic rings. The molecule has 2 aromatic carbocycles. The molecule has 2 aromatic rings. The summed E-state index contributed by atoms with van der Waals surface area (Å²) in [6.07, 6.45) is -0.647. The third kappa shape index (κ3) is 5.48. The van der Waals surface area contributed by atoms with Gasteiger partial charge in [-0.05, 0) is 28.8 Å². The number of hydrogen-bond acceptors (Lipinski definition) is 3.